The highest BCUT2D eigenvalue weighted by molar-refractivity contribution is 6.19. The maximum Gasteiger partial charge on any atom is 0.238 e. The second-order valence-electron chi connectivity index (χ2n) is 15.6. The van der Waals surface area contributed by atoms with Gasteiger partial charge < -0.3 is 17.8 Å². The summed E-state index contributed by atoms with van der Waals surface area (Å²) in [6.07, 6.45) is 1.74. The summed E-state index contributed by atoms with van der Waals surface area (Å²) in [6, 6.07) is 58.7. The molecular weight excluding hydrogens is 755 g/mol. The summed E-state index contributed by atoms with van der Waals surface area (Å²) < 4.78 is 22.7. The highest BCUT2D eigenvalue weighted by atomic mass is 16.3. The van der Waals surface area contributed by atoms with Crippen LogP contribution < -0.4 is 0 Å². The van der Waals surface area contributed by atoms with Crippen LogP contribution in [0.25, 0.3) is 133 Å². The minimum Gasteiger partial charge on any atom is -0.464 e. The summed E-state index contributed by atoms with van der Waals surface area (Å²) in [4.78, 5) is 15.9. The van der Waals surface area contributed by atoms with Crippen LogP contribution in [0, 0.1) is 0 Å². The van der Waals surface area contributed by atoms with Crippen molar-refractivity contribution in [3.05, 3.63) is 176 Å². The smallest absolute Gasteiger partial charge is 0.238 e. The molecule has 8 aromatic carbocycles. The van der Waals surface area contributed by atoms with Crippen LogP contribution in [0.3, 0.4) is 0 Å². The van der Waals surface area contributed by atoms with Gasteiger partial charge in [0.2, 0.25) is 5.95 Å². The van der Waals surface area contributed by atoms with Gasteiger partial charge in [-0.2, -0.15) is 9.97 Å². The summed E-state index contributed by atoms with van der Waals surface area (Å²) in [7, 11) is 0. The van der Waals surface area contributed by atoms with Crippen molar-refractivity contribution in [2.24, 2.45) is 0 Å². The minimum atomic E-state index is 0.516. The van der Waals surface area contributed by atoms with E-state index in [1.54, 1.807) is 6.26 Å². The topological polar surface area (TPSA) is 88.0 Å². The number of hydrogen-bond donors (Lipinski definition) is 0. The number of furan rings is 3. The average molecular weight is 784 g/mol. The van der Waals surface area contributed by atoms with E-state index >= 15 is 0 Å². The molecule has 0 aliphatic carbocycles. The maximum atomic E-state index is 6.23. The van der Waals surface area contributed by atoms with E-state index in [2.05, 4.69) is 106 Å². The molecule has 14 aromatic rings. The Labute approximate surface area is 345 Å². The van der Waals surface area contributed by atoms with Crippen LogP contribution in [-0.4, -0.2) is 24.1 Å². The minimum absolute atomic E-state index is 0.516. The van der Waals surface area contributed by atoms with Crippen molar-refractivity contribution in [2.75, 3.05) is 0 Å². The first-order valence-corrected chi connectivity index (χ1v) is 20.2. The molecular formula is C53H29N5O3. The fraction of sp³-hybridized carbons (Fsp3) is 0. The molecule has 6 heterocycles. The van der Waals surface area contributed by atoms with E-state index < -0.39 is 0 Å². The van der Waals surface area contributed by atoms with E-state index in [4.69, 9.17) is 28.2 Å². The molecule has 8 heteroatoms. The lowest BCUT2D eigenvalue weighted by Crippen LogP contribution is -2.06. The van der Waals surface area contributed by atoms with Crippen LogP contribution in [-0.2, 0) is 0 Å². The van der Waals surface area contributed by atoms with Crippen molar-refractivity contribution in [3.63, 3.8) is 0 Å². The Morgan fingerprint density at radius 3 is 1.51 bits per heavy atom. The van der Waals surface area contributed by atoms with Gasteiger partial charge in [0.15, 0.2) is 11.6 Å². The van der Waals surface area contributed by atoms with Crippen molar-refractivity contribution in [1.29, 1.82) is 0 Å². The highest BCUT2D eigenvalue weighted by Gasteiger charge is 2.22. The number of benzene rings is 8. The van der Waals surface area contributed by atoms with Crippen molar-refractivity contribution >= 4 is 98.5 Å². The Bertz CT molecular complexity index is 4010. The first-order valence-electron chi connectivity index (χ1n) is 20.2. The maximum absolute atomic E-state index is 6.23. The van der Waals surface area contributed by atoms with Crippen molar-refractivity contribution in [2.45, 2.75) is 0 Å². The van der Waals surface area contributed by atoms with Crippen molar-refractivity contribution < 1.29 is 13.3 Å². The predicted octanol–water partition coefficient (Wildman–Crippen LogP) is 13.9. The monoisotopic (exact) mass is 783 g/mol. The van der Waals surface area contributed by atoms with Gasteiger partial charge in [0.05, 0.1) is 28.3 Å². The fourth-order valence-electron chi connectivity index (χ4n) is 9.47. The van der Waals surface area contributed by atoms with Gasteiger partial charge in [0, 0.05) is 65.3 Å². The van der Waals surface area contributed by atoms with Crippen LogP contribution in [0.5, 0.6) is 0 Å². The van der Waals surface area contributed by atoms with Crippen LogP contribution >= 0.6 is 0 Å². The molecule has 0 saturated carbocycles. The predicted molar refractivity (Wildman–Crippen MR) is 244 cm³/mol. The number of hydrogen-bond acceptors (Lipinski definition) is 6. The van der Waals surface area contributed by atoms with Crippen LogP contribution in [0.4, 0.5) is 0 Å². The summed E-state index contributed by atoms with van der Waals surface area (Å²) in [5.74, 6) is 1.63. The van der Waals surface area contributed by atoms with Gasteiger partial charge in [-0.3, -0.25) is 4.57 Å². The Morgan fingerprint density at radius 1 is 0.344 bits per heavy atom. The zero-order chi connectivity index (χ0) is 39.8. The molecule has 0 radical (unpaired) electrons. The molecule has 8 nitrogen and oxygen atoms in total. The molecule has 61 heavy (non-hydrogen) atoms. The van der Waals surface area contributed by atoms with E-state index in [0.29, 0.717) is 17.6 Å². The van der Waals surface area contributed by atoms with Gasteiger partial charge in [-0.05, 0) is 97.1 Å². The molecule has 0 spiro atoms. The SMILES string of the molecule is c1ccc2c(c1)oc1ccc(-c3nc(-c4ccc5oc6ccccc6c5c4)nc(-n4c5ccccc5c5cc6c7ccccc7n(-c7ccc8occc8c7)c6cc54)n3)cc12. The molecule has 284 valence electrons. The van der Waals surface area contributed by atoms with Gasteiger partial charge in [-0.25, -0.2) is 4.98 Å². The van der Waals surface area contributed by atoms with E-state index in [-0.39, 0.29) is 0 Å². The van der Waals surface area contributed by atoms with Gasteiger partial charge in [0.25, 0.3) is 0 Å². The van der Waals surface area contributed by atoms with Gasteiger partial charge in [0.1, 0.15) is 27.9 Å². The summed E-state index contributed by atoms with van der Waals surface area (Å²) >= 11 is 0. The fourth-order valence-corrected chi connectivity index (χ4v) is 9.47. The largest absolute Gasteiger partial charge is 0.464 e. The molecule has 0 N–H and O–H groups in total. The third-order valence-corrected chi connectivity index (χ3v) is 12.3. The first kappa shape index (κ1) is 32.5. The Kier molecular flexibility index (Phi) is 6.40. The Hall–Kier alpha value is -8.49. The molecule has 0 fully saturated rings. The first-order chi connectivity index (χ1) is 30.2. The van der Waals surface area contributed by atoms with Crippen molar-refractivity contribution in [3.8, 4) is 34.4 Å². The van der Waals surface area contributed by atoms with Crippen molar-refractivity contribution in [1.82, 2.24) is 24.1 Å². The quantitative estimate of drug-likeness (QED) is 0.177. The van der Waals surface area contributed by atoms with E-state index in [1.165, 1.54) is 5.39 Å². The molecule has 6 aromatic heterocycles. The lowest BCUT2D eigenvalue weighted by Gasteiger charge is -2.12. The molecule has 0 atom stereocenters. The number of para-hydroxylation sites is 4. The second kappa shape index (κ2) is 12.0. The molecule has 0 aliphatic heterocycles. The van der Waals surface area contributed by atoms with Crippen LogP contribution in [0.1, 0.15) is 0 Å². The second-order valence-corrected chi connectivity index (χ2v) is 15.6. The number of rotatable bonds is 4. The average Bonchev–Trinajstić information content (AvgIpc) is 4.14. The normalized spacial score (nSPS) is 12.3. The molecule has 14 rings (SSSR count). The highest BCUT2D eigenvalue weighted by Crippen LogP contribution is 2.41. The molecule has 0 unspecified atom stereocenters. The molecule has 0 saturated heterocycles. The van der Waals surface area contributed by atoms with E-state index in [9.17, 15) is 0 Å². The summed E-state index contributed by atoms with van der Waals surface area (Å²) in [5, 5.41) is 9.70. The zero-order valence-electron chi connectivity index (χ0n) is 32.2. The molecule has 0 bridgehead atoms. The Balaban J connectivity index is 1.07. The molecule has 0 aliphatic rings. The van der Waals surface area contributed by atoms with Gasteiger partial charge in [-0.15, -0.1) is 0 Å². The molecule has 0 amide bonds. The number of aromatic nitrogens is 5. The zero-order valence-corrected chi connectivity index (χ0v) is 32.2. The Morgan fingerprint density at radius 2 is 0.869 bits per heavy atom. The van der Waals surface area contributed by atoms with E-state index in [1.807, 2.05) is 72.8 Å². The number of fused-ring (bicyclic) bond motifs is 13. The summed E-state index contributed by atoms with van der Waals surface area (Å²) in [5.41, 5.74) is 11.1. The lowest BCUT2D eigenvalue weighted by atomic mass is 10.1. The van der Waals surface area contributed by atoms with Gasteiger partial charge in [-0.1, -0.05) is 72.8 Å². The standard InChI is InChI=1S/C53H29N5O3/c1-5-13-42-34(9-1)38-28-39-35-10-2-6-14-43(35)58(45(39)29-44(38)57(42)33-19-22-46-30(25-33)23-24-59-46)53-55-51(31-17-20-49-40(26-31)36-11-3-7-15-47(36)60-49)54-52(56-53)32-18-21-50-41(27-32)37-12-4-8-16-48(37)61-50/h1-29H. The van der Waals surface area contributed by atoms with Crippen LogP contribution in [0.2, 0.25) is 0 Å². The van der Waals surface area contributed by atoms with E-state index in [0.717, 1.165) is 110 Å². The summed E-state index contributed by atoms with van der Waals surface area (Å²) in [6.45, 7) is 0. The van der Waals surface area contributed by atoms with Crippen LogP contribution in [0.15, 0.2) is 189 Å². The third kappa shape index (κ3) is 4.67. The third-order valence-electron chi connectivity index (χ3n) is 12.3. The lowest BCUT2D eigenvalue weighted by molar-refractivity contribution is 0.616. The van der Waals surface area contributed by atoms with Gasteiger partial charge >= 0.3 is 0 Å². The number of nitrogens with zero attached hydrogens (tertiary/aromatic N) is 5.